The predicted molar refractivity (Wildman–Crippen MR) is 95.6 cm³/mol. The van der Waals surface area contributed by atoms with Crippen LogP contribution in [0.25, 0.3) is 0 Å². The summed E-state index contributed by atoms with van der Waals surface area (Å²) in [6.07, 6.45) is 0.950. The van der Waals surface area contributed by atoms with Crippen LogP contribution in [0.3, 0.4) is 0 Å². The number of hydrogen-bond acceptors (Lipinski definition) is 4. The summed E-state index contributed by atoms with van der Waals surface area (Å²) in [5, 5.41) is 2.59. The van der Waals surface area contributed by atoms with E-state index >= 15 is 0 Å². The molecule has 0 aliphatic rings. The summed E-state index contributed by atoms with van der Waals surface area (Å²) < 4.78 is 31.9. The summed E-state index contributed by atoms with van der Waals surface area (Å²) >= 11 is 0. The van der Waals surface area contributed by atoms with Crippen molar-refractivity contribution < 1.29 is 17.9 Å². The largest absolute Gasteiger partial charge is 0.444 e. The maximum atomic E-state index is 12.6. The zero-order valence-electron chi connectivity index (χ0n) is 15.1. The number of nitrogens with zero attached hydrogens (tertiary/aromatic N) is 1. The van der Waals surface area contributed by atoms with Crippen LogP contribution in [-0.2, 0) is 14.8 Å². The molecule has 0 fully saturated rings. The van der Waals surface area contributed by atoms with Crippen molar-refractivity contribution in [2.24, 2.45) is 0 Å². The molecule has 0 aliphatic carbocycles. The SMILES string of the molecule is CCCN(CCC)S(=O)(=O)c1ccc(NC(=O)OC(C)(C)C)cc1. The van der Waals surface area contributed by atoms with E-state index in [2.05, 4.69) is 5.32 Å². The van der Waals surface area contributed by atoms with Crippen molar-refractivity contribution in [3.8, 4) is 0 Å². The molecular formula is C17H28N2O4S. The summed E-state index contributed by atoms with van der Waals surface area (Å²) in [5.41, 5.74) is -0.102. The Kier molecular flexibility index (Phi) is 7.23. The lowest BCUT2D eigenvalue weighted by Crippen LogP contribution is -2.32. The number of carbonyl (C=O) groups excluding carboxylic acids is 1. The molecule has 0 saturated carbocycles. The molecule has 0 saturated heterocycles. The standard InChI is InChI=1S/C17H28N2O4S/c1-6-12-19(13-7-2)24(21,22)15-10-8-14(9-11-15)18-16(20)23-17(3,4)5/h8-11H,6-7,12-13H2,1-5H3,(H,18,20). The topological polar surface area (TPSA) is 75.7 Å². The lowest BCUT2D eigenvalue weighted by molar-refractivity contribution is 0.0636. The molecule has 136 valence electrons. The van der Waals surface area contributed by atoms with E-state index in [0.717, 1.165) is 12.8 Å². The molecule has 1 aromatic rings. The molecule has 7 heteroatoms. The van der Waals surface area contributed by atoms with E-state index in [0.29, 0.717) is 18.8 Å². The molecular weight excluding hydrogens is 328 g/mol. The minimum atomic E-state index is -3.51. The van der Waals surface area contributed by atoms with Crippen LogP contribution in [0.4, 0.5) is 10.5 Å². The van der Waals surface area contributed by atoms with Gasteiger partial charge in [0, 0.05) is 18.8 Å². The van der Waals surface area contributed by atoms with E-state index in [9.17, 15) is 13.2 Å². The second kappa shape index (κ2) is 8.48. The number of hydrogen-bond donors (Lipinski definition) is 1. The van der Waals surface area contributed by atoms with Crippen molar-refractivity contribution in [3.63, 3.8) is 0 Å². The minimum absolute atomic E-state index is 0.221. The maximum absolute atomic E-state index is 12.6. The highest BCUT2D eigenvalue weighted by Crippen LogP contribution is 2.19. The Morgan fingerprint density at radius 3 is 2.00 bits per heavy atom. The lowest BCUT2D eigenvalue weighted by atomic mass is 10.2. The van der Waals surface area contributed by atoms with Crippen molar-refractivity contribution in [2.45, 2.75) is 58.0 Å². The molecule has 1 rings (SSSR count). The molecule has 0 unspecified atom stereocenters. The number of benzene rings is 1. The van der Waals surface area contributed by atoms with E-state index in [1.54, 1.807) is 32.9 Å². The minimum Gasteiger partial charge on any atom is -0.444 e. The number of anilines is 1. The third-order valence-corrected chi connectivity index (χ3v) is 5.00. The summed E-state index contributed by atoms with van der Waals surface area (Å²) in [5.74, 6) is 0. The fourth-order valence-corrected chi connectivity index (χ4v) is 3.76. The normalized spacial score (nSPS) is 12.2. The molecule has 1 N–H and O–H groups in total. The molecule has 1 aromatic carbocycles. The van der Waals surface area contributed by atoms with E-state index in [-0.39, 0.29) is 4.90 Å². The first-order valence-corrected chi connectivity index (χ1v) is 9.64. The zero-order chi connectivity index (χ0) is 18.4. The van der Waals surface area contributed by atoms with Gasteiger partial charge >= 0.3 is 6.09 Å². The van der Waals surface area contributed by atoms with E-state index in [1.165, 1.54) is 16.4 Å². The van der Waals surface area contributed by atoms with Crippen LogP contribution < -0.4 is 5.32 Å². The van der Waals surface area contributed by atoms with Gasteiger partial charge in [-0.15, -0.1) is 0 Å². The molecule has 1 amide bonds. The zero-order valence-corrected chi connectivity index (χ0v) is 15.9. The van der Waals surface area contributed by atoms with Gasteiger partial charge < -0.3 is 4.74 Å². The van der Waals surface area contributed by atoms with Crippen LogP contribution in [0.15, 0.2) is 29.2 Å². The van der Waals surface area contributed by atoms with Gasteiger partial charge in [-0.2, -0.15) is 4.31 Å². The first-order chi connectivity index (χ1) is 11.1. The van der Waals surface area contributed by atoms with Gasteiger partial charge in [0.05, 0.1) is 4.90 Å². The Morgan fingerprint density at radius 1 is 1.08 bits per heavy atom. The number of ether oxygens (including phenoxy) is 1. The van der Waals surface area contributed by atoms with Gasteiger partial charge in [0.25, 0.3) is 0 Å². The summed E-state index contributed by atoms with van der Waals surface area (Å²) in [6, 6.07) is 6.13. The van der Waals surface area contributed by atoms with Gasteiger partial charge in [-0.25, -0.2) is 13.2 Å². The number of sulfonamides is 1. The van der Waals surface area contributed by atoms with E-state index < -0.39 is 21.7 Å². The Bertz CT molecular complexity index is 628. The summed E-state index contributed by atoms with van der Waals surface area (Å²) in [7, 11) is -3.51. The molecule has 0 bridgehead atoms. The monoisotopic (exact) mass is 356 g/mol. The average molecular weight is 356 g/mol. The van der Waals surface area contributed by atoms with Crippen molar-refractivity contribution >= 4 is 21.8 Å². The van der Waals surface area contributed by atoms with E-state index in [4.69, 9.17) is 4.74 Å². The van der Waals surface area contributed by atoms with Gasteiger partial charge in [0.2, 0.25) is 10.0 Å². The maximum Gasteiger partial charge on any atom is 0.412 e. The average Bonchev–Trinajstić information content (AvgIpc) is 2.45. The van der Waals surface area contributed by atoms with Gasteiger partial charge in [-0.05, 0) is 57.9 Å². The van der Waals surface area contributed by atoms with Crippen LogP contribution in [-0.4, -0.2) is 37.5 Å². The Labute approximate surface area is 145 Å². The molecule has 0 aromatic heterocycles. The molecule has 0 aliphatic heterocycles. The molecule has 0 atom stereocenters. The Hall–Kier alpha value is -1.60. The third-order valence-electron chi connectivity index (χ3n) is 3.08. The number of nitrogens with one attached hydrogen (secondary N) is 1. The van der Waals surface area contributed by atoms with Crippen LogP contribution in [0.2, 0.25) is 0 Å². The van der Waals surface area contributed by atoms with Crippen molar-refractivity contribution in [1.82, 2.24) is 4.31 Å². The van der Waals surface area contributed by atoms with Crippen molar-refractivity contribution in [1.29, 1.82) is 0 Å². The second-order valence-electron chi connectivity index (χ2n) is 6.56. The predicted octanol–water partition coefficient (Wildman–Crippen LogP) is 3.84. The van der Waals surface area contributed by atoms with Gasteiger partial charge in [0.15, 0.2) is 0 Å². The van der Waals surface area contributed by atoms with Crippen molar-refractivity contribution in [3.05, 3.63) is 24.3 Å². The quantitative estimate of drug-likeness (QED) is 0.805. The number of carbonyl (C=O) groups is 1. The molecule has 24 heavy (non-hydrogen) atoms. The van der Waals surface area contributed by atoms with Gasteiger partial charge in [0.1, 0.15) is 5.60 Å². The first-order valence-electron chi connectivity index (χ1n) is 8.20. The molecule has 0 spiro atoms. The molecule has 0 heterocycles. The number of amides is 1. The van der Waals surface area contributed by atoms with Gasteiger partial charge in [-0.1, -0.05) is 13.8 Å². The Morgan fingerprint density at radius 2 is 1.58 bits per heavy atom. The summed E-state index contributed by atoms with van der Waals surface area (Å²) in [4.78, 5) is 12.0. The van der Waals surface area contributed by atoms with Gasteiger partial charge in [-0.3, -0.25) is 5.32 Å². The van der Waals surface area contributed by atoms with Crippen LogP contribution >= 0.6 is 0 Å². The van der Waals surface area contributed by atoms with Crippen LogP contribution in [0.1, 0.15) is 47.5 Å². The first kappa shape index (κ1) is 20.4. The highest BCUT2D eigenvalue weighted by Gasteiger charge is 2.23. The molecule has 6 nitrogen and oxygen atoms in total. The van der Waals surface area contributed by atoms with Crippen molar-refractivity contribution in [2.75, 3.05) is 18.4 Å². The third kappa shape index (κ3) is 6.13. The smallest absolute Gasteiger partial charge is 0.412 e. The lowest BCUT2D eigenvalue weighted by Gasteiger charge is -2.21. The fraction of sp³-hybridized carbons (Fsp3) is 0.588. The van der Waals surface area contributed by atoms with Crippen LogP contribution in [0, 0.1) is 0 Å². The van der Waals surface area contributed by atoms with Crippen LogP contribution in [0.5, 0.6) is 0 Å². The highest BCUT2D eigenvalue weighted by molar-refractivity contribution is 7.89. The second-order valence-corrected chi connectivity index (χ2v) is 8.49. The molecule has 0 radical (unpaired) electrons. The fourth-order valence-electron chi connectivity index (χ4n) is 2.13. The summed E-state index contributed by atoms with van der Waals surface area (Å²) in [6.45, 7) is 10.2. The number of rotatable bonds is 7. The highest BCUT2D eigenvalue weighted by atomic mass is 32.2. The Balaban J connectivity index is 2.87. The van der Waals surface area contributed by atoms with E-state index in [1.807, 2.05) is 13.8 Å².